The van der Waals surface area contributed by atoms with Gasteiger partial charge in [0.25, 0.3) is 0 Å². The quantitative estimate of drug-likeness (QED) is 0.709. The minimum absolute atomic E-state index is 0.227. The van der Waals surface area contributed by atoms with Crippen LogP contribution in [0.15, 0.2) is 53.1 Å². The van der Waals surface area contributed by atoms with E-state index in [0.717, 1.165) is 21.4 Å². The molecule has 112 valence electrons. The van der Waals surface area contributed by atoms with Crippen molar-refractivity contribution in [3.8, 4) is 11.3 Å². The Morgan fingerprint density at radius 3 is 2.68 bits per heavy atom. The zero-order valence-electron chi connectivity index (χ0n) is 12.3. The van der Waals surface area contributed by atoms with Crippen LogP contribution in [-0.4, -0.2) is 9.78 Å². The number of benzene rings is 2. The smallest absolute Gasteiger partial charge is 0.149 e. The maximum atomic E-state index is 14.1. The third-order valence-corrected chi connectivity index (χ3v) is 4.08. The summed E-state index contributed by atoms with van der Waals surface area (Å²) in [7, 11) is 1.89. The van der Waals surface area contributed by atoms with Crippen molar-refractivity contribution in [1.29, 1.82) is 0 Å². The first-order valence-corrected chi connectivity index (χ1v) is 7.65. The Labute approximate surface area is 136 Å². The molecule has 0 aliphatic rings. The zero-order valence-corrected chi connectivity index (χ0v) is 13.9. The highest BCUT2D eigenvalue weighted by molar-refractivity contribution is 9.10. The van der Waals surface area contributed by atoms with Gasteiger partial charge >= 0.3 is 0 Å². The fourth-order valence-corrected chi connectivity index (χ4v) is 2.96. The maximum Gasteiger partial charge on any atom is 0.149 e. The van der Waals surface area contributed by atoms with Crippen LogP contribution < -0.4 is 5.32 Å². The van der Waals surface area contributed by atoms with E-state index in [1.165, 1.54) is 0 Å². The average molecular weight is 360 g/mol. The first-order chi connectivity index (χ1) is 10.6. The molecule has 1 aromatic heterocycles. The maximum absolute atomic E-state index is 14.1. The monoisotopic (exact) mass is 359 g/mol. The summed E-state index contributed by atoms with van der Waals surface area (Å²) >= 11 is 3.50. The van der Waals surface area contributed by atoms with E-state index < -0.39 is 0 Å². The topological polar surface area (TPSA) is 29.9 Å². The molecule has 0 unspecified atom stereocenters. The number of anilines is 2. The van der Waals surface area contributed by atoms with Gasteiger partial charge in [-0.25, -0.2) is 4.39 Å². The lowest BCUT2D eigenvalue weighted by atomic mass is 10.1. The molecule has 0 aliphatic heterocycles. The molecular weight excluding hydrogens is 345 g/mol. The molecule has 0 bridgehead atoms. The van der Waals surface area contributed by atoms with Crippen LogP contribution in [0.1, 0.15) is 5.56 Å². The van der Waals surface area contributed by atoms with Gasteiger partial charge in [-0.1, -0.05) is 24.3 Å². The van der Waals surface area contributed by atoms with Gasteiger partial charge in [-0.2, -0.15) is 5.10 Å². The number of hydrogen-bond acceptors (Lipinski definition) is 2. The van der Waals surface area contributed by atoms with Crippen molar-refractivity contribution in [3.63, 3.8) is 0 Å². The molecule has 0 fully saturated rings. The van der Waals surface area contributed by atoms with E-state index in [1.807, 2.05) is 37.4 Å². The Hall–Kier alpha value is -2.14. The lowest BCUT2D eigenvalue weighted by molar-refractivity contribution is 0.622. The van der Waals surface area contributed by atoms with Gasteiger partial charge in [0.2, 0.25) is 0 Å². The van der Waals surface area contributed by atoms with E-state index in [2.05, 4.69) is 26.3 Å². The molecule has 22 heavy (non-hydrogen) atoms. The first kappa shape index (κ1) is 14.8. The van der Waals surface area contributed by atoms with Gasteiger partial charge < -0.3 is 5.32 Å². The van der Waals surface area contributed by atoms with Crippen LogP contribution in [0.5, 0.6) is 0 Å². The summed E-state index contributed by atoms with van der Waals surface area (Å²) in [5.74, 6) is -0.227. The molecule has 5 heteroatoms. The third-order valence-electron chi connectivity index (χ3n) is 3.50. The number of halogens is 2. The summed E-state index contributed by atoms with van der Waals surface area (Å²) in [5, 5.41) is 7.36. The summed E-state index contributed by atoms with van der Waals surface area (Å²) in [6.07, 6.45) is 1.76. The van der Waals surface area contributed by atoms with Crippen molar-refractivity contribution < 1.29 is 4.39 Å². The predicted molar refractivity (Wildman–Crippen MR) is 90.8 cm³/mol. The van der Waals surface area contributed by atoms with Crippen LogP contribution in [0.3, 0.4) is 0 Å². The molecule has 3 aromatic rings. The predicted octanol–water partition coefficient (Wildman–Crippen LogP) is 5.04. The van der Waals surface area contributed by atoms with Gasteiger partial charge in [-0.3, -0.25) is 4.68 Å². The van der Waals surface area contributed by atoms with Crippen LogP contribution in [0, 0.1) is 12.7 Å². The molecule has 3 nitrogen and oxygen atoms in total. The second-order valence-electron chi connectivity index (χ2n) is 5.11. The van der Waals surface area contributed by atoms with E-state index in [9.17, 15) is 4.39 Å². The van der Waals surface area contributed by atoms with Crippen molar-refractivity contribution in [2.45, 2.75) is 6.92 Å². The first-order valence-electron chi connectivity index (χ1n) is 6.86. The van der Waals surface area contributed by atoms with Crippen molar-refractivity contribution >= 4 is 27.3 Å². The Morgan fingerprint density at radius 2 is 1.95 bits per heavy atom. The highest BCUT2D eigenvalue weighted by Gasteiger charge is 2.10. The van der Waals surface area contributed by atoms with Gasteiger partial charge in [0.1, 0.15) is 5.82 Å². The highest BCUT2D eigenvalue weighted by Crippen LogP contribution is 2.30. The van der Waals surface area contributed by atoms with E-state index >= 15 is 0 Å². The molecule has 0 saturated carbocycles. The second-order valence-corrected chi connectivity index (χ2v) is 5.96. The van der Waals surface area contributed by atoms with Crippen molar-refractivity contribution in [3.05, 3.63) is 64.5 Å². The highest BCUT2D eigenvalue weighted by atomic mass is 79.9. The molecule has 0 aliphatic carbocycles. The van der Waals surface area contributed by atoms with E-state index in [-0.39, 0.29) is 5.82 Å². The molecule has 1 heterocycles. The van der Waals surface area contributed by atoms with Crippen molar-refractivity contribution in [2.24, 2.45) is 7.05 Å². The largest absolute Gasteiger partial charge is 0.353 e. The summed E-state index contributed by atoms with van der Waals surface area (Å²) in [5.41, 5.74) is 3.91. The zero-order chi connectivity index (χ0) is 15.7. The molecule has 1 N–H and O–H groups in total. The van der Waals surface area contributed by atoms with Gasteiger partial charge in [-0.05, 0) is 46.6 Å². The Balaban J connectivity index is 1.97. The minimum Gasteiger partial charge on any atom is -0.353 e. The van der Waals surface area contributed by atoms with Gasteiger partial charge in [0.15, 0.2) is 0 Å². The van der Waals surface area contributed by atoms with Crippen LogP contribution in [0.4, 0.5) is 15.8 Å². The van der Waals surface area contributed by atoms with Gasteiger partial charge in [-0.15, -0.1) is 0 Å². The fourth-order valence-electron chi connectivity index (χ4n) is 2.38. The number of rotatable bonds is 3. The molecule has 0 radical (unpaired) electrons. The molecule has 0 saturated heterocycles. The van der Waals surface area contributed by atoms with Crippen molar-refractivity contribution in [1.82, 2.24) is 9.78 Å². The molecule has 3 rings (SSSR count). The Bertz CT molecular complexity index is 807. The summed E-state index contributed by atoms with van der Waals surface area (Å²) in [6.45, 7) is 1.75. The van der Waals surface area contributed by atoms with Gasteiger partial charge in [0.05, 0.1) is 22.1 Å². The molecular formula is C17H15BrFN3. The molecule has 0 spiro atoms. The van der Waals surface area contributed by atoms with Gasteiger partial charge in [0, 0.05) is 18.3 Å². The number of nitrogens with zero attached hydrogens (tertiary/aromatic N) is 2. The Kier molecular flexibility index (Phi) is 3.98. The second kappa shape index (κ2) is 5.93. The molecule has 2 aromatic carbocycles. The molecule has 0 atom stereocenters. The lowest BCUT2D eigenvalue weighted by Crippen LogP contribution is -1.97. The third kappa shape index (κ3) is 2.76. The molecule has 0 amide bonds. The Morgan fingerprint density at radius 1 is 1.18 bits per heavy atom. The normalized spacial score (nSPS) is 10.7. The number of aryl methyl sites for hydroxylation is 2. The standard InChI is InChI=1S/C17H15BrFN3/c1-11-5-3-8-15(16(11)19)21-13-7-4-6-12(9-13)17-14(18)10-20-22(17)2/h3-10,21H,1-2H3. The SMILES string of the molecule is Cc1cccc(Nc2cccc(-c3c(Br)cnn3C)c2)c1F. The van der Waals surface area contributed by atoms with E-state index in [0.29, 0.717) is 11.3 Å². The summed E-state index contributed by atoms with van der Waals surface area (Å²) in [6, 6.07) is 13.1. The number of aromatic nitrogens is 2. The van der Waals surface area contributed by atoms with Crippen LogP contribution in [-0.2, 0) is 7.05 Å². The van der Waals surface area contributed by atoms with Crippen LogP contribution >= 0.6 is 15.9 Å². The summed E-state index contributed by atoms with van der Waals surface area (Å²) < 4.78 is 16.8. The van der Waals surface area contributed by atoms with Crippen LogP contribution in [0.2, 0.25) is 0 Å². The number of nitrogens with one attached hydrogen (secondary N) is 1. The lowest BCUT2D eigenvalue weighted by Gasteiger charge is -2.11. The van der Waals surface area contributed by atoms with Crippen LogP contribution in [0.25, 0.3) is 11.3 Å². The summed E-state index contributed by atoms with van der Waals surface area (Å²) in [4.78, 5) is 0. The van der Waals surface area contributed by atoms with E-state index in [4.69, 9.17) is 0 Å². The number of hydrogen-bond donors (Lipinski definition) is 1. The minimum atomic E-state index is -0.227. The van der Waals surface area contributed by atoms with E-state index in [1.54, 1.807) is 29.9 Å². The fraction of sp³-hybridized carbons (Fsp3) is 0.118. The average Bonchev–Trinajstić information content (AvgIpc) is 2.83. The van der Waals surface area contributed by atoms with Crippen molar-refractivity contribution in [2.75, 3.05) is 5.32 Å².